The number of carbonyl (C=O) groups excluding carboxylic acids is 2. The van der Waals surface area contributed by atoms with E-state index >= 15 is 0 Å². The first kappa shape index (κ1) is 16.2. The number of benzene rings is 2. The second-order valence-electron chi connectivity index (χ2n) is 6.12. The van der Waals surface area contributed by atoms with Gasteiger partial charge in [-0.1, -0.05) is 18.2 Å². The highest BCUT2D eigenvalue weighted by Crippen LogP contribution is 2.34. The molecule has 0 bridgehead atoms. The van der Waals surface area contributed by atoms with Crippen LogP contribution in [0.25, 0.3) is 11.1 Å². The van der Waals surface area contributed by atoms with Crippen LogP contribution in [0, 0.1) is 27.7 Å². The fourth-order valence-corrected chi connectivity index (χ4v) is 3.08. The highest BCUT2D eigenvalue weighted by atomic mass is 16.6. The predicted molar refractivity (Wildman–Crippen MR) is 91.4 cm³/mol. The zero-order valence-corrected chi connectivity index (χ0v) is 14.4. The Hall–Kier alpha value is -2.62. The molecule has 1 heterocycles. The van der Waals surface area contributed by atoms with Crippen LogP contribution in [0.4, 0.5) is 0 Å². The number of rotatable bonds is 1. The molecule has 0 spiro atoms. The van der Waals surface area contributed by atoms with Gasteiger partial charge in [-0.25, -0.2) is 9.59 Å². The number of esters is 2. The lowest BCUT2D eigenvalue weighted by Crippen LogP contribution is -2.22. The molecule has 0 unspecified atom stereocenters. The second-order valence-corrected chi connectivity index (χ2v) is 6.12. The zero-order valence-electron chi connectivity index (χ0n) is 14.4. The average molecular weight is 324 g/mol. The first-order chi connectivity index (χ1) is 11.4. The lowest BCUT2D eigenvalue weighted by molar-refractivity contribution is 0.0226. The molecule has 4 heteroatoms. The fraction of sp³-hybridized carbons (Fsp3) is 0.300. The van der Waals surface area contributed by atoms with E-state index in [2.05, 4.69) is 19.9 Å². The standard InChI is InChI=1S/C20H20O4/c1-11-10-17(14(4)13(3)12(11)2)15-6-5-7-16-18(15)20(22)24-9-8-23-19(16)21/h5-7,10H,8-9H2,1-4H3. The van der Waals surface area contributed by atoms with Crippen molar-refractivity contribution in [2.45, 2.75) is 27.7 Å². The monoisotopic (exact) mass is 324 g/mol. The van der Waals surface area contributed by atoms with Crippen LogP contribution >= 0.6 is 0 Å². The number of aryl methyl sites for hydroxylation is 1. The van der Waals surface area contributed by atoms with Gasteiger partial charge in [0.25, 0.3) is 0 Å². The van der Waals surface area contributed by atoms with Crippen LogP contribution in [0.15, 0.2) is 24.3 Å². The molecule has 0 saturated heterocycles. The molecule has 1 aliphatic rings. The van der Waals surface area contributed by atoms with Crippen LogP contribution in [-0.2, 0) is 9.47 Å². The summed E-state index contributed by atoms with van der Waals surface area (Å²) >= 11 is 0. The molecular formula is C20H20O4. The van der Waals surface area contributed by atoms with Gasteiger partial charge in [0.2, 0.25) is 0 Å². The van der Waals surface area contributed by atoms with Crippen molar-refractivity contribution in [3.63, 3.8) is 0 Å². The largest absolute Gasteiger partial charge is 0.458 e. The van der Waals surface area contributed by atoms with Crippen LogP contribution in [0.3, 0.4) is 0 Å². The molecule has 124 valence electrons. The van der Waals surface area contributed by atoms with Gasteiger partial charge in [0.05, 0.1) is 11.1 Å². The van der Waals surface area contributed by atoms with E-state index in [4.69, 9.17) is 9.47 Å². The number of fused-ring (bicyclic) bond motifs is 1. The Kier molecular flexibility index (Phi) is 4.14. The number of hydrogen-bond donors (Lipinski definition) is 0. The van der Waals surface area contributed by atoms with Gasteiger partial charge in [-0.3, -0.25) is 0 Å². The molecule has 1 aliphatic heterocycles. The molecule has 3 rings (SSSR count). The van der Waals surface area contributed by atoms with Crippen molar-refractivity contribution in [2.24, 2.45) is 0 Å². The summed E-state index contributed by atoms with van der Waals surface area (Å²) in [7, 11) is 0. The molecule has 0 atom stereocenters. The Morgan fingerprint density at radius 3 is 2.08 bits per heavy atom. The van der Waals surface area contributed by atoms with Gasteiger partial charge < -0.3 is 9.47 Å². The molecule has 0 saturated carbocycles. The number of cyclic esters (lactones) is 2. The molecule has 0 N–H and O–H groups in total. The first-order valence-electron chi connectivity index (χ1n) is 7.97. The summed E-state index contributed by atoms with van der Waals surface area (Å²) in [5, 5.41) is 0. The van der Waals surface area contributed by atoms with Crippen molar-refractivity contribution in [1.29, 1.82) is 0 Å². The molecule has 2 aromatic carbocycles. The molecule has 0 aliphatic carbocycles. The van der Waals surface area contributed by atoms with Crippen molar-refractivity contribution in [3.8, 4) is 11.1 Å². The zero-order chi connectivity index (χ0) is 17.4. The van der Waals surface area contributed by atoms with E-state index in [-0.39, 0.29) is 24.3 Å². The minimum atomic E-state index is -0.485. The SMILES string of the molecule is Cc1cc(-c2cccc3c2C(=O)OCCOC3=O)c(C)c(C)c1C. The molecule has 24 heavy (non-hydrogen) atoms. The summed E-state index contributed by atoms with van der Waals surface area (Å²) in [5.74, 6) is -0.964. The fourth-order valence-electron chi connectivity index (χ4n) is 3.08. The van der Waals surface area contributed by atoms with Gasteiger partial charge in [-0.15, -0.1) is 0 Å². The lowest BCUT2D eigenvalue weighted by atomic mass is 9.87. The summed E-state index contributed by atoms with van der Waals surface area (Å²) < 4.78 is 10.4. The minimum Gasteiger partial charge on any atom is -0.458 e. The maximum Gasteiger partial charge on any atom is 0.339 e. The third-order valence-electron chi connectivity index (χ3n) is 4.81. The lowest BCUT2D eigenvalue weighted by Gasteiger charge is -2.20. The van der Waals surface area contributed by atoms with Gasteiger partial charge >= 0.3 is 11.9 Å². The van der Waals surface area contributed by atoms with Gasteiger partial charge in [0, 0.05) is 0 Å². The Morgan fingerprint density at radius 2 is 1.38 bits per heavy atom. The minimum absolute atomic E-state index is 0.0727. The van der Waals surface area contributed by atoms with Crippen molar-refractivity contribution >= 4 is 11.9 Å². The summed E-state index contributed by atoms with van der Waals surface area (Å²) in [5.41, 5.74) is 6.85. The molecule has 2 aromatic rings. The number of ether oxygens (including phenoxy) is 2. The molecule has 4 nitrogen and oxygen atoms in total. The Balaban J connectivity index is 2.31. The van der Waals surface area contributed by atoms with E-state index in [1.54, 1.807) is 12.1 Å². The summed E-state index contributed by atoms with van der Waals surface area (Å²) in [4.78, 5) is 24.7. The summed E-state index contributed by atoms with van der Waals surface area (Å²) in [6.07, 6.45) is 0. The highest BCUT2D eigenvalue weighted by Gasteiger charge is 2.26. The van der Waals surface area contributed by atoms with Crippen molar-refractivity contribution in [2.75, 3.05) is 13.2 Å². The van der Waals surface area contributed by atoms with Crippen LogP contribution in [0.2, 0.25) is 0 Å². The van der Waals surface area contributed by atoms with E-state index in [1.165, 1.54) is 11.1 Å². The maximum atomic E-state index is 12.5. The van der Waals surface area contributed by atoms with Crippen LogP contribution in [0.1, 0.15) is 43.0 Å². The van der Waals surface area contributed by atoms with Gasteiger partial charge in [0.1, 0.15) is 13.2 Å². The van der Waals surface area contributed by atoms with E-state index in [1.807, 2.05) is 19.9 Å². The van der Waals surface area contributed by atoms with E-state index < -0.39 is 11.9 Å². The van der Waals surface area contributed by atoms with Crippen molar-refractivity contribution in [1.82, 2.24) is 0 Å². The van der Waals surface area contributed by atoms with Crippen molar-refractivity contribution < 1.29 is 19.1 Å². The molecular weight excluding hydrogens is 304 g/mol. The molecule has 0 fully saturated rings. The number of hydrogen-bond acceptors (Lipinski definition) is 4. The van der Waals surface area contributed by atoms with Crippen molar-refractivity contribution in [3.05, 3.63) is 57.6 Å². The molecule has 0 aromatic heterocycles. The Morgan fingerprint density at radius 1 is 0.750 bits per heavy atom. The third-order valence-corrected chi connectivity index (χ3v) is 4.81. The first-order valence-corrected chi connectivity index (χ1v) is 7.97. The maximum absolute atomic E-state index is 12.5. The number of carbonyl (C=O) groups is 2. The summed E-state index contributed by atoms with van der Waals surface area (Å²) in [6, 6.07) is 7.29. The normalized spacial score (nSPS) is 14.3. The second kappa shape index (κ2) is 6.11. The topological polar surface area (TPSA) is 52.6 Å². The third kappa shape index (κ3) is 2.58. The van der Waals surface area contributed by atoms with Crippen LogP contribution < -0.4 is 0 Å². The van der Waals surface area contributed by atoms with E-state index in [9.17, 15) is 9.59 Å². The highest BCUT2D eigenvalue weighted by molar-refractivity contribution is 6.08. The smallest absolute Gasteiger partial charge is 0.339 e. The average Bonchev–Trinajstić information content (AvgIpc) is 2.57. The predicted octanol–water partition coefficient (Wildman–Crippen LogP) is 3.91. The Bertz CT molecular complexity index is 849. The van der Waals surface area contributed by atoms with Gasteiger partial charge in [0.15, 0.2) is 0 Å². The molecule has 0 radical (unpaired) electrons. The van der Waals surface area contributed by atoms with Crippen LogP contribution in [0.5, 0.6) is 0 Å². The summed E-state index contributed by atoms with van der Waals surface area (Å²) in [6.45, 7) is 8.38. The van der Waals surface area contributed by atoms with Gasteiger partial charge in [-0.2, -0.15) is 0 Å². The van der Waals surface area contributed by atoms with Gasteiger partial charge in [-0.05, 0) is 67.1 Å². The van der Waals surface area contributed by atoms with Crippen LogP contribution in [-0.4, -0.2) is 25.2 Å². The molecule has 0 amide bonds. The van der Waals surface area contributed by atoms with E-state index in [0.29, 0.717) is 5.56 Å². The Labute approximate surface area is 141 Å². The quantitative estimate of drug-likeness (QED) is 0.746. The van der Waals surface area contributed by atoms with E-state index in [0.717, 1.165) is 16.7 Å².